The molecule has 0 unspecified atom stereocenters. The molecule has 0 bridgehead atoms. The molecule has 8 atom stereocenters. The number of allylic oxidation sites excluding steroid dienone is 1. The third-order valence-electron chi connectivity index (χ3n) is 9.64. The highest BCUT2D eigenvalue weighted by molar-refractivity contribution is 5.99. The number of amides is 3. The second kappa shape index (κ2) is 12.5. The number of esters is 1. The molecule has 5 rings (SSSR count). The van der Waals surface area contributed by atoms with Gasteiger partial charge in [0.05, 0.1) is 31.2 Å². The molecule has 10 nitrogen and oxygen atoms in total. The molecular formula is C34H45N3O7. The van der Waals surface area contributed by atoms with E-state index < -0.39 is 59.1 Å². The van der Waals surface area contributed by atoms with Crippen molar-refractivity contribution in [2.24, 2.45) is 17.8 Å². The first-order valence-electron chi connectivity index (χ1n) is 15.7. The topological polar surface area (TPSA) is 125 Å². The molecule has 10 heteroatoms. The zero-order valence-electron chi connectivity index (χ0n) is 26.3. The molecule has 44 heavy (non-hydrogen) atoms. The number of carbonyl (C=O) groups excluding carboxylic acids is 4. The van der Waals surface area contributed by atoms with Gasteiger partial charge in [-0.25, -0.2) is 0 Å². The van der Waals surface area contributed by atoms with Crippen molar-refractivity contribution in [1.29, 1.82) is 0 Å². The Morgan fingerprint density at radius 2 is 1.82 bits per heavy atom. The normalized spacial score (nSPS) is 33.2. The van der Waals surface area contributed by atoms with Crippen LogP contribution < -0.4 is 5.32 Å². The smallest absolute Gasteiger partial charge is 0.313 e. The van der Waals surface area contributed by atoms with Gasteiger partial charge in [-0.15, -0.1) is 0 Å². The third kappa shape index (κ3) is 5.58. The summed E-state index contributed by atoms with van der Waals surface area (Å²) in [6.45, 7) is 9.80. The van der Waals surface area contributed by atoms with Crippen LogP contribution in [-0.2, 0) is 28.7 Å². The van der Waals surface area contributed by atoms with Crippen LogP contribution in [0.3, 0.4) is 0 Å². The quantitative estimate of drug-likeness (QED) is 0.390. The van der Waals surface area contributed by atoms with Gasteiger partial charge >= 0.3 is 5.97 Å². The van der Waals surface area contributed by atoms with Crippen molar-refractivity contribution in [2.75, 3.05) is 19.7 Å². The van der Waals surface area contributed by atoms with Gasteiger partial charge in [0.25, 0.3) is 0 Å². The lowest BCUT2D eigenvalue weighted by molar-refractivity contribution is -0.161. The average Bonchev–Trinajstić information content (AvgIpc) is 3.37. The molecule has 3 amide bonds. The summed E-state index contributed by atoms with van der Waals surface area (Å²) in [5, 5.41) is 13.5. The SMILES string of the molecule is CC[C@H](C)[C@H](CO)N1C(=O)[C@H]2[C@@H]3C(=O)O[C@@H](c4ccccc4)CNC(=O)CC/C=C\[C@@H]3O[C@]23C=CCN(C(C)(C)C)C(=O)[C@H]13. The minimum atomic E-state index is -1.45. The number of aliphatic hydroxyl groups excluding tert-OH is 1. The lowest BCUT2D eigenvalue weighted by Crippen LogP contribution is -2.61. The zero-order chi connectivity index (χ0) is 31.8. The first-order chi connectivity index (χ1) is 20.9. The number of fused-ring (bicyclic) bond motifs is 2. The van der Waals surface area contributed by atoms with Gasteiger partial charge in [0.2, 0.25) is 17.7 Å². The Morgan fingerprint density at radius 1 is 1.09 bits per heavy atom. The molecule has 4 aliphatic heterocycles. The molecule has 4 aliphatic rings. The minimum Gasteiger partial charge on any atom is -0.455 e. The summed E-state index contributed by atoms with van der Waals surface area (Å²) >= 11 is 0. The van der Waals surface area contributed by atoms with Crippen molar-refractivity contribution in [3.8, 4) is 0 Å². The van der Waals surface area contributed by atoms with Crippen molar-refractivity contribution < 1.29 is 33.8 Å². The van der Waals surface area contributed by atoms with Crippen LogP contribution in [0.5, 0.6) is 0 Å². The lowest BCUT2D eigenvalue weighted by Gasteiger charge is -2.43. The number of hydrogen-bond donors (Lipinski definition) is 2. The highest BCUT2D eigenvalue weighted by Gasteiger charge is 2.73. The number of hydrogen-bond acceptors (Lipinski definition) is 7. The van der Waals surface area contributed by atoms with Gasteiger partial charge in [0.15, 0.2) is 0 Å². The van der Waals surface area contributed by atoms with E-state index in [0.717, 1.165) is 0 Å². The van der Waals surface area contributed by atoms with E-state index in [1.807, 2.05) is 71.0 Å². The maximum absolute atomic E-state index is 14.7. The Labute approximate surface area is 259 Å². The zero-order valence-corrected chi connectivity index (χ0v) is 26.3. The summed E-state index contributed by atoms with van der Waals surface area (Å²) in [6, 6.07) is 7.43. The molecular weight excluding hydrogens is 562 g/mol. The molecule has 1 spiro atoms. The van der Waals surface area contributed by atoms with E-state index in [9.17, 15) is 24.3 Å². The number of carbonyl (C=O) groups is 4. The number of benzene rings is 1. The number of nitrogens with one attached hydrogen (secondary N) is 1. The molecule has 0 aliphatic carbocycles. The predicted octanol–water partition coefficient (Wildman–Crippen LogP) is 2.92. The van der Waals surface area contributed by atoms with Crippen LogP contribution >= 0.6 is 0 Å². The number of cyclic esters (lactones) is 1. The fraction of sp³-hybridized carbons (Fsp3) is 0.588. The van der Waals surface area contributed by atoms with Crippen LogP contribution in [0.1, 0.15) is 65.5 Å². The monoisotopic (exact) mass is 607 g/mol. The number of aliphatic hydroxyl groups is 1. The van der Waals surface area contributed by atoms with Gasteiger partial charge in [-0.3, -0.25) is 19.2 Å². The minimum absolute atomic E-state index is 0.0780. The van der Waals surface area contributed by atoms with Crippen LogP contribution in [0.15, 0.2) is 54.6 Å². The van der Waals surface area contributed by atoms with E-state index in [1.165, 1.54) is 4.90 Å². The number of ether oxygens (including phenoxy) is 2. The van der Waals surface area contributed by atoms with Gasteiger partial charge in [0.1, 0.15) is 23.7 Å². The van der Waals surface area contributed by atoms with E-state index in [4.69, 9.17) is 9.47 Å². The van der Waals surface area contributed by atoms with Gasteiger partial charge < -0.3 is 29.7 Å². The molecule has 0 aromatic heterocycles. The first-order valence-corrected chi connectivity index (χ1v) is 15.7. The van der Waals surface area contributed by atoms with Crippen molar-refractivity contribution in [3.05, 3.63) is 60.2 Å². The van der Waals surface area contributed by atoms with Crippen LogP contribution in [0.2, 0.25) is 0 Å². The van der Waals surface area contributed by atoms with Gasteiger partial charge in [-0.05, 0) is 38.7 Å². The Morgan fingerprint density at radius 3 is 2.48 bits per heavy atom. The maximum atomic E-state index is 14.7. The molecule has 0 saturated carbocycles. The molecule has 2 N–H and O–H groups in total. The highest BCUT2D eigenvalue weighted by atomic mass is 16.6. The standard InChI is InChI=1S/C34H45N3O7/c1-6-21(2)23(20-38)37-29-31(41)36(33(3,4)5)18-12-17-34(29)28(30(37)40)27-24(44-34)15-10-11-16-26(39)35-19-25(43-32(27)42)22-13-8-7-9-14-22/h7-10,12-15,17,21,23-25,27-29,38H,6,11,16,18-20H2,1-5H3,(H,35,39)/b15-10-/t21-,23-,24-,25+,27+,28+,29-,34+/m0/s1. The molecule has 2 fully saturated rings. The molecule has 238 valence electrons. The molecule has 1 aromatic rings. The fourth-order valence-corrected chi connectivity index (χ4v) is 7.12. The second-order valence-electron chi connectivity index (χ2n) is 13.4. The number of likely N-dealkylation sites (tertiary alicyclic amines) is 1. The van der Waals surface area contributed by atoms with Crippen LogP contribution in [0, 0.1) is 17.8 Å². The van der Waals surface area contributed by atoms with Crippen LogP contribution in [-0.4, -0.2) is 87.6 Å². The average molecular weight is 608 g/mol. The fourth-order valence-electron chi connectivity index (χ4n) is 7.12. The first kappa shape index (κ1) is 31.9. The van der Waals surface area contributed by atoms with Crippen LogP contribution in [0.4, 0.5) is 0 Å². The third-order valence-corrected chi connectivity index (χ3v) is 9.64. The summed E-state index contributed by atoms with van der Waals surface area (Å²) in [7, 11) is 0. The Bertz CT molecular complexity index is 1320. The summed E-state index contributed by atoms with van der Waals surface area (Å²) in [5.74, 6) is -3.72. The summed E-state index contributed by atoms with van der Waals surface area (Å²) in [6.07, 6.45) is 6.83. The van der Waals surface area contributed by atoms with E-state index >= 15 is 0 Å². The summed E-state index contributed by atoms with van der Waals surface area (Å²) in [5.41, 5.74) is -1.30. The van der Waals surface area contributed by atoms with Crippen molar-refractivity contribution in [3.63, 3.8) is 0 Å². The largest absolute Gasteiger partial charge is 0.455 e. The van der Waals surface area contributed by atoms with E-state index in [2.05, 4.69) is 5.32 Å². The van der Waals surface area contributed by atoms with Gasteiger partial charge in [-0.1, -0.05) is 74.9 Å². The van der Waals surface area contributed by atoms with Crippen LogP contribution in [0.25, 0.3) is 0 Å². The van der Waals surface area contributed by atoms with Crippen molar-refractivity contribution in [2.45, 2.75) is 89.3 Å². The van der Waals surface area contributed by atoms with Crippen molar-refractivity contribution in [1.82, 2.24) is 15.1 Å². The van der Waals surface area contributed by atoms with E-state index in [1.54, 1.807) is 23.1 Å². The summed E-state index contributed by atoms with van der Waals surface area (Å²) < 4.78 is 12.9. The van der Waals surface area contributed by atoms with E-state index in [0.29, 0.717) is 24.9 Å². The van der Waals surface area contributed by atoms with Gasteiger partial charge in [-0.2, -0.15) is 0 Å². The molecule has 0 radical (unpaired) electrons. The summed E-state index contributed by atoms with van der Waals surface area (Å²) in [4.78, 5) is 59.3. The van der Waals surface area contributed by atoms with Crippen molar-refractivity contribution >= 4 is 23.7 Å². The Balaban J connectivity index is 1.64. The highest BCUT2D eigenvalue weighted by Crippen LogP contribution is 2.54. The molecule has 2 saturated heterocycles. The second-order valence-corrected chi connectivity index (χ2v) is 13.4. The Kier molecular flexibility index (Phi) is 9.05. The maximum Gasteiger partial charge on any atom is 0.313 e. The van der Waals surface area contributed by atoms with E-state index in [-0.39, 0.29) is 37.3 Å². The van der Waals surface area contributed by atoms with Gasteiger partial charge in [0, 0.05) is 18.5 Å². The molecule has 1 aromatic carbocycles. The number of rotatable bonds is 5. The number of nitrogens with zero attached hydrogens (tertiary/aromatic N) is 2. The Hall–Kier alpha value is -3.50. The molecule has 4 heterocycles. The lowest BCUT2D eigenvalue weighted by atomic mass is 9.77. The predicted molar refractivity (Wildman–Crippen MR) is 163 cm³/mol.